The summed E-state index contributed by atoms with van der Waals surface area (Å²) in [6.07, 6.45) is 2.66. The lowest BCUT2D eigenvalue weighted by Crippen LogP contribution is -2.36. The molecule has 1 heterocycles. The second kappa shape index (κ2) is 7.04. The fourth-order valence-electron chi connectivity index (χ4n) is 1.40. The second-order valence-corrected chi connectivity index (χ2v) is 5.96. The second-order valence-electron chi connectivity index (χ2n) is 3.67. The van der Waals surface area contributed by atoms with Crippen LogP contribution in [0.1, 0.15) is 31.7 Å². The van der Waals surface area contributed by atoms with Crippen LogP contribution in [0.3, 0.4) is 0 Å². The number of hydrogen-bond acceptors (Lipinski definition) is 3. The molecule has 1 rings (SSSR count). The topological polar surface area (TPSA) is 49.3 Å². The quantitative estimate of drug-likeness (QED) is 0.813. The number of carboxylic acid groups (broad SMARTS) is 1. The molecule has 2 N–H and O–H groups in total. The molecule has 0 bridgehead atoms. The van der Waals surface area contributed by atoms with Gasteiger partial charge in [-0.2, -0.15) is 0 Å². The third-order valence-corrected chi connectivity index (χ3v) is 3.87. The summed E-state index contributed by atoms with van der Waals surface area (Å²) in [6, 6.07) is 1.58. The molecular formula is C11H16BrNO2S. The summed E-state index contributed by atoms with van der Waals surface area (Å²) in [5, 5.41) is 14.1. The standard InChI is InChI=1S/C11H16BrNO2S/c1-2-3-4-9(11(14)15)13-6-8-5-10(12)16-7-8/h5,7,9,13H,2-4,6H2,1H3,(H,14,15)/t9-/m0/s1. The Labute approximate surface area is 108 Å². The van der Waals surface area contributed by atoms with Crippen LogP contribution in [0.25, 0.3) is 0 Å². The zero-order chi connectivity index (χ0) is 12.0. The lowest BCUT2D eigenvalue weighted by molar-refractivity contribution is -0.139. The molecule has 0 spiro atoms. The average molecular weight is 306 g/mol. The molecule has 0 aliphatic heterocycles. The molecule has 1 aromatic heterocycles. The number of thiophene rings is 1. The van der Waals surface area contributed by atoms with Crippen molar-refractivity contribution in [2.24, 2.45) is 0 Å². The SMILES string of the molecule is CCCC[C@H](NCc1csc(Br)c1)C(=O)O. The Kier molecular flexibility index (Phi) is 6.01. The van der Waals surface area contributed by atoms with Crippen molar-refractivity contribution < 1.29 is 9.90 Å². The molecule has 0 saturated heterocycles. The van der Waals surface area contributed by atoms with Crippen molar-refractivity contribution in [2.45, 2.75) is 38.8 Å². The highest BCUT2D eigenvalue weighted by Crippen LogP contribution is 2.20. The van der Waals surface area contributed by atoms with E-state index in [1.54, 1.807) is 11.3 Å². The van der Waals surface area contributed by atoms with Crippen molar-refractivity contribution in [3.8, 4) is 0 Å². The van der Waals surface area contributed by atoms with Gasteiger partial charge in [-0.05, 0) is 39.4 Å². The summed E-state index contributed by atoms with van der Waals surface area (Å²) in [7, 11) is 0. The zero-order valence-electron chi connectivity index (χ0n) is 9.20. The average Bonchev–Trinajstić information content (AvgIpc) is 2.64. The summed E-state index contributed by atoms with van der Waals surface area (Å²) < 4.78 is 1.07. The molecule has 16 heavy (non-hydrogen) atoms. The molecular weight excluding hydrogens is 290 g/mol. The minimum atomic E-state index is -0.761. The molecule has 0 aliphatic rings. The van der Waals surface area contributed by atoms with E-state index in [9.17, 15) is 4.79 Å². The smallest absolute Gasteiger partial charge is 0.320 e. The number of carboxylic acids is 1. The van der Waals surface area contributed by atoms with Gasteiger partial charge in [-0.15, -0.1) is 11.3 Å². The highest BCUT2D eigenvalue weighted by atomic mass is 79.9. The van der Waals surface area contributed by atoms with E-state index in [2.05, 4.69) is 28.2 Å². The van der Waals surface area contributed by atoms with E-state index >= 15 is 0 Å². The van der Waals surface area contributed by atoms with Gasteiger partial charge in [-0.25, -0.2) is 0 Å². The molecule has 0 amide bonds. The zero-order valence-corrected chi connectivity index (χ0v) is 11.6. The number of hydrogen-bond donors (Lipinski definition) is 2. The van der Waals surface area contributed by atoms with E-state index in [-0.39, 0.29) is 0 Å². The molecule has 0 aliphatic carbocycles. The summed E-state index contributed by atoms with van der Waals surface area (Å²) in [5.74, 6) is -0.761. The van der Waals surface area contributed by atoms with Crippen LogP contribution in [-0.4, -0.2) is 17.1 Å². The van der Waals surface area contributed by atoms with Crippen LogP contribution in [-0.2, 0) is 11.3 Å². The highest BCUT2D eigenvalue weighted by molar-refractivity contribution is 9.11. The number of rotatable bonds is 7. The number of carbonyl (C=O) groups is 1. The van der Waals surface area contributed by atoms with Crippen molar-refractivity contribution in [3.63, 3.8) is 0 Å². The predicted molar refractivity (Wildman–Crippen MR) is 69.8 cm³/mol. The van der Waals surface area contributed by atoms with Crippen LogP contribution in [0.2, 0.25) is 0 Å². The Morgan fingerprint density at radius 3 is 2.94 bits per heavy atom. The first-order chi connectivity index (χ1) is 7.63. The Morgan fingerprint density at radius 2 is 2.44 bits per heavy atom. The normalized spacial score (nSPS) is 12.6. The fraction of sp³-hybridized carbons (Fsp3) is 0.545. The molecule has 0 saturated carbocycles. The summed E-state index contributed by atoms with van der Waals surface area (Å²) in [5.41, 5.74) is 1.12. The maximum atomic E-state index is 11.0. The van der Waals surface area contributed by atoms with Gasteiger partial charge in [0.25, 0.3) is 0 Å². The van der Waals surface area contributed by atoms with Crippen molar-refractivity contribution in [3.05, 3.63) is 20.8 Å². The van der Waals surface area contributed by atoms with Gasteiger partial charge < -0.3 is 10.4 Å². The van der Waals surface area contributed by atoms with Gasteiger partial charge in [-0.1, -0.05) is 19.8 Å². The molecule has 90 valence electrons. The molecule has 1 atom stereocenters. The van der Waals surface area contributed by atoms with Crippen molar-refractivity contribution in [1.29, 1.82) is 0 Å². The number of unbranched alkanes of at least 4 members (excludes halogenated alkanes) is 1. The lowest BCUT2D eigenvalue weighted by Gasteiger charge is -2.13. The Morgan fingerprint density at radius 1 is 1.69 bits per heavy atom. The first-order valence-electron chi connectivity index (χ1n) is 5.32. The van der Waals surface area contributed by atoms with Crippen LogP contribution in [0.15, 0.2) is 15.2 Å². The van der Waals surface area contributed by atoms with Crippen LogP contribution >= 0.6 is 27.3 Å². The number of halogens is 1. The van der Waals surface area contributed by atoms with Crippen molar-refractivity contribution in [2.75, 3.05) is 0 Å². The molecule has 0 unspecified atom stereocenters. The third kappa shape index (κ3) is 4.63. The van der Waals surface area contributed by atoms with E-state index in [1.807, 2.05) is 11.4 Å². The van der Waals surface area contributed by atoms with Gasteiger partial charge in [0.05, 0.1) is 3.79 Å². The Bertz CT molecular complexity index is 340. The third-order valence-electron chi connectivity index (χ3n) is 2.32. The van der Waals surface area contributed by atoms with Crippen molar-refractivity contribution >= 4 is 33.2 Å². The van der Waals surface area contributed by atoms with Crippen LogP contribution in [0.4, 0.5) is 0 Å². The summed E-state index contributed by atoms with van der Waals surface area (Å²) >= 11 is 5.00. The minimum absolute atomic E-state index is 0.432. The molecule has 0 radical (unpaired) electrons. The molecule has 0 aromatic carbocycles. The van der Waals surface area contributed by atoms with Crippen LogP contribution in [0.5, 0.6) is 0 Å². The number of aliphatic carboxylic acids is 1. The first-order valence-corrected chi connectivity index (χ1v) is 7.00. The maximum Gasteiger partial charge on any atom is 0.320 e. The van der Waals surface area contributed by atoms with E-state index in [0.29, 0.717) is 13.0 Å². The van der Waals surface area contributed by atoms with E-state index in [0.717, 1.165) is 22.2 Å². The van der Waals surface area contributed by atoms with Gasteiger partial charge in [0.1, 0.15) is 6.04 Å². The van der Waals surface area contributed by atoms with Gasteiger partial charge >= 0.3 is 5.97 Å². The van der Waals surface area contributed by atoms with Crippen LogP contribution in [0, 0.1) is 0 Å². The minimum Gasteiger partial charge on any atom is -0.480 e. The summed E-state index contributed by atoms with van der Waals surface area (Å²) in [6.45, 7) is 2.68. The van der Waals surface area contributed by atoms with Crippen LogP contribution < -0.4 is 5.32 Å². The van der Waals surface area contributed by atoms with Gasteiger partial charge in [0, 0.05) is 6.54 Å². The number of nitrogens with one attached hydrogen (secondary N) is 1. The van der Waals surface area contributed by atoms with Gasteiger partial charge in [-0.3, -0.25) is 4.79 Å². The van der Waals surface area contributed by atoms with E-state index < -0.39 is 12.0 Å². The molecule has 1 aromatic rings. The molecule has 0 fully saturated rings. The monoisotopic (exact) mass is 305 g/mol. The first kappa shape index (κ1) is 13.7. The predicted octanol–water partition coefficient (Wildman–Crippen LogP) is 3.24. The molecule has 5 heteroatoms. The lowest BCUT2D eigenvalue weighted by atomic mass is 10.1. The Balaban J connectivity index is 2.40. The fourth-order valence-corrected chi connectivity index (χ4v) is 2.61. The van der Waals surface area contributed by atoms with Gasteiger partial charge in [0.15, 0.2) is 0 Å². The summed E-state index contributed by atoms with van der Waals surface area (Å²) in [4.78, 5) is 11.0. The van der Waals surface area contributed by atoms with E-state index in [1.165, 1.54) is 0 Å². The molecule has 3 nitrogen and oxygen atoms in total. The highest BCUT2D eigenvalue weighted by Gasteiger charge is 2.15. The van der Waals surface area contributed by atoms with Gasteiger partial charge in [0.2, 0.25) is 0 Å². The van der Waals surface area contributed by atoms with E-state index in [4.69, 9.17) is 5.11 Å². The largest absolute Gasteiger partial charge is 0.480 e. The Hall–Kier alpha value is -0.390. The maximum absolute atomic E-state index is 11.0. The van der Waals surface area contributed by atoms with Crippen molar-refractivity contribution in [1.82, 2.24) is 5.32 Å².